The molecule has 0 radical (unpaired) electrons. The van der Waals surface area contributed by atoms with E-state index in [-0.39, 0.29) is 30.4 Å². The molecule has 9 heteroatoms. The first-order valence-corrected chi connectivity index (χ1v) is 12.7. The third-order valence-electron chi connectivity index (χ3n) is 6.55. The van der Waals surface area contributed by atoms with E-state index in [1.54, 1.807) is 28.8 Å². The van der Waals surface area contributed by atoms with Crippen molar-refractivity contribution in [3.05, 3.63) is 82.4 Å². The van der Waals surface area contributed by atoms with E-state index in [9.17, 15) is 29.3 Å². The van der Waals surface area contributed by atoms with E-state index in [1.165, 1.54) is 12.1 Å². The quantitative estimate of drug-likeness (QED) is 0.376. The van der Waals surface area contributed by atoms with Crippen LogP contribution in [0.3, 0.4) is 0 Å². The largest absolute Gasteiger partial charge is 0.550 e. The Bertz CT molecular complexity index is 1260. The number of aliphatic hydroxyl groups is 2. The molecule has 0 saturated heterocycles. The van der Waals surface area contributed by atoms with Crippen LogP contribution < -0.4 is 5.11 Å². The molecule has 1 heterocycles. The van der Waals surface area contributed by atoms with E-state index in [1.807, 2.05) is 45.0 Å². The summed E-state index contributed by atoms with van der Waals surface area (Å²) in [5.41, 5.74) is 4.35. The Morgan fingerprint density at radius 2 is 1.74 bits per heavy atom. The second-order valence-electron chi connectivity index (χ2n) is 10.00. The number of amides is 1. The van der Waals surface area contributed by atoms with Crippen LogP contribution in [0, 0.1) is 12.7 Å². The minimum Gasteiger partial charge on any atom is -0.550 e. The highest BCUT2D eigenvalue weighted by Gasteiger charge is 2.28. The van der Waals surface area contributed by atoms with E-state index in [0.29, 0.717) is 24.3 Å². The number of hydrogen-bond donors (Lipinski definition) is 2. The molecule has 0 spiro atoms. The van der Waals surface area contributed by atoms with Gasteiger partial charge in [-0.25, -0.2) is 9.07 Å². The number of hydrogen-bond acceptors (Lipinski definition) is 6. The van der Waals surface area contributed by atoms with E-state index < -0.39 is 30.4 Å². The number of carboxylic acid groups (broad SMARTS) is 1. The van der Waals surface area contributed by atoms with Gasteiger partial charge in [-0.05, 0) is 67.5 Å². The first-order valence-electron chi connectivity index (χ1n) is 12.7. The second kappa shape index (κ2) is 12.8. The maximum atomic E-state index is 13.7. The number of aliphatic hydroxyl groups excluding tert-OH is 2. The summed E-state index contributed by atoms with van der Waals surface area (Å²) in [7, 11) is 1.72. The van der Waals surface area contributed by atoms with Crippen molar-refractivity contribution in [1.82, 2.24) is 14.7 Å². The number of aliphatic carboxylic acids is 1. The third-order valence-corrected chi connectivity index (χ3v) is 6.55. The zero-order valence-electron chi connectivity index (χ0n) is 22.2. The van der Waals surface area contributed by atoms with Crippen LogP contribution in [-0.2, 0) is 17.8 Å². The monoisotopic (exact) mass is 524 g/mol. The van der Waals surface area contributed by atoms with E-state index in [4.69, 9.17) is 0 Å². The number of rotatable bonds is 12. The molecule has 1 amide bonds. The number of carbonyl (C=O) groups excluding carboxylic acids is 2. The Morgan fingerprint density at radius 1 is 1.08 bits per heavy atom. The summed E-state index contributed by atoms with van der Waals surface area (Å²) in [4.78, 5) is 26.0. The van der Waals surface area contributed by atoms with E-state index in [0.717, 1.165) is 16.7 Å². The zero-order valence-corrected chi connectivity index (χ0v) is 22.2. The minimum atomic E-state index is -1.39. The van der Waals surface area contributed by atoms with Gasteiger partial charge < -0.3 is 25.0 Å². The van der Waals surface area contributed by atoms with Gasteiger partial charge in [-0.3, -0.25) is 4.79 Å². The first-order chi connectivity index (χ1) is 18.0. The first kappa shape index (κ1) is 29.0. The molecule has 0 saturated carbocycles. The molecule has 0 aliphatic rings. The molecule has 2 aromatic carbocycles. The average Bonchev–Trinajstić information content (AvgIpc) is 3.23. The molecule has 8 nitrogen and oxygen atoms in total. The van der Waals surface area contributed by atoms with Crippen molar-refractivity contribution in [2.45, 2.75) is 71.1 Å². The summed E-state index contributed by atoms with van der Waals surface area (Å²) in [5.74, 6) is -2.15. The van der Waals surface area contributed by atoms with E-state index in [2.05, 4.69) is 5.10 Å². The smallest absolute Gasteiger partial charge is 0.274 e. The van der Waals surface area contributed by atoms with Crippen molar-refractivity contribution in [3.8, 4) is 5.69 Å². The maximum Gasteiger partial charge on any atom is 0.274 e. The lowest BCUT2D eigenvalue weighted by Crippen LogP contribution is -2.29. The van der Waals surface area contributed by atoms with Gasteiger partial charge in [-0.2, -0.15) is 5.10 Å². The molecule has 2 atom stereocenters. The molecular formula is C29H35FN3O5-. The summed E-state index contributed by atoms with van der Waals surface area (Å²) < 4.78 is 15.3. The number of nitrogens with zero attached hydrogens (tertiary/aromatic N) is 3. The Balaban J connectivity index is 1.96. The normalized spacial score (nSPS) is 12.9. The van der Waals surface area contributed by atoms with E-state index >= 15 is 0 Å². The molecule has 38 heavy (non-hydrogen) atoms. The van der Waals surface area contributed by atoms with Gasteiger partial charge in [-0.1, -0.05) is 38.1 Å². The molecule has 204 valence electrons. The van der Waals surface area contributed by atoms with Crippen LogP contribution in [0.1, 0.15) is 71.9 Å². The predicted molar refractivity (Wildman–Crippen MR) is 139 cm³/mol. The fourth-order valence-corrected chi connectivity index (χ4v) is 4.57. The minimum absolute atomic E-state index is 0.0918. The van der Waals surface area contributed by atoms with Gasteiger partial charge in [0.25, 0.3) is 5.91 Å². The van der Waals surface area contributed by atoms with Crippen molar-refractivity contribution < 1.29 is 29.3 Å². The van der Waals surface area contributed by atoms with Gasteiger partial charge in [0, 0.05) is 37.2 Å². The number of benzene rings is 2. The molecule has 1 aromatic heterocycles. The number of carbonyl (C=O) groups is 2. The highest BCUT2D eigenvalue weighted by Crippen LogP contribution is 2.29. The Morgan fingerprint density at radius 3 is 2.34 bits per heavy atom. The maximum absolute atomic E-state index is 13.7. The molecule has 2 N–H and O–H groups in total. The molecule has 0 aliphatic carbocycles. The molecule has 0 fully saturated rings. The molecule has 0 aliphatic heterocycles. The fourth-order valence-electron chi connectivity index (χ4n) is 4.57. The Kier molecular flexibility index (Phi) is 9.77. The molecule has 3 aromatic rings. The second-order valence-corrected chi connectivity index (χ2v) is 10.00. The summed E-state index contributed by atoms with van der Waals surface area (Å²) >= 11 is 0. The standard InChI is InChI=1S/C29H36FN3O5/c1-18(2)27-25(14-13-23(34)15-24(35)16-26(36)37)33(22-11-9-21(30)10-12-22)31-28(27)29(38)32(4)17-20-8-6-5-7-19(20)3/h5-12,18,23-24,34-35H,13-17H2,1-4H3,(H,36,37)/p-1/t23-,24-/m1/s1. The van der Waals surface area contributed by atoms with Crippen molar-refractivity contribution in [1.29, 1.82) is 0 Å². The van der Waals surface area contributed by atoms with Gasteiger partial charge in [0.05, 0.1) is 17.9 Å². The van der Waals surface area contributed by atoms with Crippen LogP contribution in [0.5, 0.6) is 0 Å². The predicted octanol–water partition coefficient (Wildman–Crippen LogP) is 2.90. The van der Waals surface area contributed by atoms with Crippen LogP contribution in [0.2, 0.25) is 0 Å². The lowest BCUT2D eigenvalue weighted by molar-refractivity contribution is -0.307. The number of halogens is 1. The van der Waals surface area contributed by atoms with Gasteiger partial charge >= 0.3 is 0 Å². The van der Waals surface area contributed by atoms with Crippen LogP contribution in [0.4, 0.5) is 4.39 Å². The van der Waals surface area contributed by atoms with Crippen LogP contribution in [0.25, 0.3) is 5.69 Å². The highest BCUT2D eigenvalue weighted by molar-refractivity contribution is 5.94. The third kappa shape index (κ3) is 7.26. The van der Waals surface area contributed by atoms with Gasteiger partial charge in [0.1, 0.15) is 5.82 Å². The van der Waals surface area contributed by atoms with Crippen molar-refractivity contribution >= 4 is 11.9 Å². The molecule has 0 bridgehead atoms. The van der Waals surface area contributed by atoms with Crippen LogP contribution in [0.15, 0.2) is 48.5 Å². The number of aryl methyl sites for hydroxylation is 1. The molecule has 3 rings (SSSR count). The molecular weight excluding hydrogens is 489 g/mol. The summed E-state index contributed by atoms with van der Waals surface area (Å²) in [5, 5.41) is 35.8. The van der Waals surface area contributed by atoms with Crippen molar-refractivity contribution in [2.75, 3.05) is 7.05 Å². The number of carboxylic acids is 1. The number of aromatic nitrogens is 2. The van der Waals surface area contributed by atoms with Gasteiger partial charge in [0.15, 0.2) is 5.69 Å². The van der Waals surface area contributed by atoms with Crippen molar-refractivity contribution in [3.63, 3.8) is 0 Å². The summed E-state index contributed by atoms with van der Waals surface area (Å²) in [6.45, 7) is 6.29. The van der Waals surface area contributed by atoms with Gasteiger partial charge in [-0.15, -0.1) is 0 Å². The van der Waals surface area contributed by atoms with Crippen molar-refractivity contribution in [2.24, 2.45) is 0 Å². The van der Waals surface area contributed by atoms with Gasteiger partial charge in [0.2, 0.25) is 0 Å². The average molecular weight is 525 g/mol. The zero-order chi connectivity index (χ0) is 28.0. The Labute approximate surface area is 222 Å². The van der Waals surface area contributed by atoms with Crippen LogP contribution >= 0.6 is 0 Å². The summed E-state index contributed by atoms with van der Waals surface area (Å²) in [6.07, 6.45) is -2.40. The highest BCUT2D eigenvalue weighted by atomic mass is 19.1. The summed E-state index contributed by atoms with van der Waals surface area (Å²) in [6, 6.07) is 13.6. The lowest BCUT2D eigenvalue weighted by Gasteiger charge is -2.19. The molecule has 0 unspecified atom stereocenters. The Hall–Kier alpha value is -3.56. The fraction of sp³-hybridized carbons (Fsp3) is 0.414. The van der Waals surface area contributed by atoms with Crippen LogP contribution in [-0.4, -0.2) is 56.0 Å². The topological polar surface area (TPSA) is 119 Å². The SMILES string of the molecule is Cc1ccccc1CN(C)C(=O)c1nn(-c2ccc(F)cc2)c(CC[C@@H](O)C[C@@H](O)CC(=O)[O-])c1C(C)C. The lowest BCUT2D eigenvalue weighted by atomic mass is 9.95.